The highest BCUT2D eigenvalue weighted by molar-refractivity contribution is 5.92. The molecule has 0 aromatic carbocycles. The van der Waals surface area contributed by atoms with Crippen LogP contribution in [0.2, 0.25) is 0 Å². The van der Waals surface area contributed by atoms with Crippen molar-refractivity contribution in [3.05, 3.63) is 36.3 Å². The summed E-state index contributed by atoms with van der Waals surface area (Å²) in [6.45, 7) is 1.96. The summed E-state index contributed by atoms with van der Waals surface area (Å²) in [4.78, 5) is 15.8. The molecule has 102 valence electrons. The van der Waals surface area contributed by atoms with Gasteiger partial charge in [-0.25, -0.2) is 9.31 Å². The minimum atomic E-state index is -0.600. The molecule has 20 heavy (non-hydrogen) atoms. The maximum atomic E-state index is 11.7. The number of rotatable bonds is 3. The fourth-order valence-corrected chi connectivity index (χ4v) is 1.89. The monoisotopic (exact) mass is 272 g/mol. The highest BCUT2D eigenvalue weighted by Gasteiger charge is 2.21. The average molecular weight is 272 g/mol. The first kappa shape index (κ1) is 12.2. The van der Waals surface area contributed by atoms with Gasteiger partial charge in [-0.2, -0.15) is 10.1 Å². The maximum Gasteiger partial charge on any atom is 0.362 e. The van der Waals surface area contributed by atoms with Gasteiger partial charge in [0, 0.05) is 6.20 Å². The first-order chi connectivity index (χ1) is 9.70. The summed E-state index contributed by atoms with van der Waals surface area (Å²) in [6.07, 6.45) is 3.41. The van der Waals surface area contributed by atoms with Crippen molar-refractivity contribution in [1.29, 1.82) is 0 Å². The molecule has 0 unspecified atom stereocenters. The first-order valence-corrected chi connectivity index (χ1v) is 6.07. The third kappa shape index (κ3) is 1.89. The zero-order chi connectivity index (χ0) is 14.1. The van der Waals surface area contributed by atoms with E-state index in [0.29, 0.717) is 5.56 Å². The quantitative estimate of drug-likeness (QED) is 0.730. The summed E-state index contributed by atoms with van der Waals surface area (Å²) in [6, 6.07) is 5.60. The number of nitrogen functional groups attached to an aromatic ring is 1. The number of carbonyl (C=O) groups excluding carboxylic acids is 1. The number of hydrogen-bond donors (Lipinski definition) is 1. The topological polar surface area (TPSA) is 95.6 Å². The van der Waals surface area contributed by atoms with Crippen molar-refractivity contribution in [2.45, 2.75) is 6.92 Å². The zero-order valence-corrected chi connectivity index (χ0v) is 10.7. The van der Waals surface area contributed by atoms with Gasteiger partial charge in [0.25, 0.3) is 0 Å². The number of nitrogens with zero attached hydrogens (tertiary/aromatic N) is 3. The molecule has 0 saturated heterocycles. The van der Waals surface area contributed by atoms with E-state index in [9.17, 15) is 4.79 Å². The molecule has 0 bridgehead atoms. The minimum absolute atomic E-state index is 0.0165. The van der Waals surface area contributed by atoms with E-state index in [1.165, 1.54) is 0 Å². The first-order valence-electron chi connectivity index (χ1n) is 6.07. The van der Waals surface area contributed by atoms with Crippen LogP contribution in [-0.2, 0) is 4.74 Å². The van der Waals surface area contributed by atoms with E-state index >= 15 is 0 Å². The van der Waals surface area contributed by atoms with Crippen molar-refractivity contribution in [3.8, 4) is 11.5 Å². The number of ether oxygens (including phenoxy) is 1. The Morgan fingerprint density at radius 3 is 3.15 bits per heavy atom. The molecule has 0 aliphatic carbocycles. The van der Waals surface area contributed by atoms with Crippen LogP contribution in [0, 0.1) is 0 Å². The van der Waals surface area contributed by atoms with Crippen molar-refractivity contribution in [2.75, 3.05) is 12.3 Å². The number of pyridine rings is 1. The van der Waals surface area contributed by atoms with Gasteiger partial charge in [-0.15, -0.1) is 0 Å². The molecule has 0 atom stereocenters. The Kier molecular flexibility index (Phi) is 2.86. The van der Waals surface area contributed by atoms with Crippen LogP contribution in [-0.4, -0.2) is 27.2 Å². The van der Waals surface area contributed by atoms with E-state index in [0.717, 1.165) is 5.52 Å². The number of carbonyl (C=O) groups is 1. The van der Waals surface area contributed by atoms with Crippen molar-refractivity contribution >= 4 is 17.4 Å². The third-order valence-corrected chi connectivity index (χ3v) is 2.78. The standard InChI is InChI=1S/C13H12N4O3/c1-2-19-13(18)10-11(14)20-12(16-10)8-7-15-17-6-4-3-5-9(8)17/h3-7H,2,14H2,1H3. The normalized spacial score (nSPS) is 10.8. The van der Waals surface area contributed by atoms with Gasteiger partial charge in [0.15, 0.2) is 0 Å². The van der Waals surface area contributed by atoms with Crippen molar-refractivity contribution in [3.63, 3.8) is 0 Å². The Morgan fingerprint density at radius 2 is 2.35 bits per heavy atom. The zero-order valence-electron chi connectivity index (χ0n) is 10.7. The molecule has 0 amide bonds. The van der Waals surface area contributed by atoms with Crippen LogP contribution in [0.4, 0.5) is 5.88 Å². The molecule has 7 heteroatoms. The number of oxazole rings is 1. The van der Waals surface area contributed by atoms with E-state index in [1.54, 1.807) is 23.8 Å². The van der Waals surface area contributed by atoms with Crippen LogP contribution in [0.3, 0.4) is 0 Å². The third-order valence-electron chi connectivity index (χ3n) is 2.78. The molecule has 0 fully saturated rings. The van der Waals surface area contributed by atoms with Gasteiger partial charge in [0.05, 0.1) is 23.9 Å². The molecule has 3 rings (SSSR count). The van der Waals surface area contributed by atoms with Gasteiger partial charge in [0.1, 0.15) is 0 Å². The highest BCUT2D eigenvalue weighted by atomic mass is 16.5. The lowest BCUT2D eigenvalue weighted by Gasteiger charge is -1.96. The fourth-order valence-electron chi connectivity index (χ4n) is 1.89. The van der Waals surface area contributed by atoms with E-state index in [-0.39, 0.29) is 24.1 Å². The van der Waals surface area contributed by atoms with Gasteiger partial charge in [-0.05, 0) is 19.1 Å². The second-order valence-electron chi connectivity index (χ2n) is 4.04. The molecule has 0 aliphatic heterocycles. The Hall–Kier alpha value is -2.83. The molecule has 3 heterocycles. The molecule has 0 saturated carbocycles. The molecular formula is C13H12N4O3. The lowest BCUT2D eigenvalue weighted by Crippen LogP contribution is -2.07. The molecule has 3 aromatic rings. The maximum absolute atomic E-state index is 11.7. The summed E-state index contributed by atoms with van der Waals surface area (Å²) in [5.41, 5.74) is 7.12. The summed E-state index contributed by atoms with van der Waals surface area (Å²) in [5, 5.41) is 4.17. The molecular weight excluding hydrogens is 260 g/mol. The molecule has 0 aliphatic rings. The van der Waals surface area contributed by atoms with E-state index in [1.807, 2.05) is 18.2 Å². The Morgan fingerprint density at radius 1 is 1.50 bits per heavy atom. The number of anilines is 1. The van der Waals surface area contributed by atoms with Crippen LogP contribution in [0.1, 0.15) is 17.4 Å². The SMILES string of the molecule is CCOC(=O)c1nc(-c2cnn3ccccc23)oc1N. The van der Waals surface area contributed by atoms with Crippen molar-refractivity contribution in [2.24, 2.45) is 0 Å². The van der Waals surface area contributed by atoms with Gasteiger partial charge in [0.2, 0.25) is 17.5 Å². The summed E-state index contributed by atoms with van der Waals surface area (Å²) in [7, 11) is 0. The molecule has 0 radical (unpaired) electrons. The molecule has 2 N–H and O–H groups in total. The Bertz CT molecular complexity index is 775. The lowest BCUT2D eigenvalue weighted by molar-refractivity contribution is 0.0521. The van der Waals surface area contributed by atoms with Gasteiger partial charge in [-0.3, -0.25) is 0 Å². The van der Waals surface area contributed by atoms with Gasteiger partial charge < -0.3 is 14.9 Å². The van der Waals surface area contributed by atoms with E-state index in [2.05, 4.69) is 10.1 Å². The minimum Gasteiger partial charge on any atom is -0.461 e. The van der Waals surface area contributed by atoms with Crippen LogP contribution in [0.5, 0.6) is 0 Å². The van der Waals surface area contributed by atoms with Crippen molar-refractivity contribution < 1.29 is 13.9 Å². The Labute approximate surface area is 114 Å². The smallest absolute Gasteiger partial charge is 0.362 e. The van der Waals surface area contributed by atoms with E-state index < -0.39 is 5.97 Å². The van der Waals surface area contributed by atoms with Crippen LogP contribution >= 0.6 is 0 Å². The lowest BCUT2D eigenvalue weighted by atomic mass is 10.2. The van der Waals surface area contributed by atoms with Gasteiger partial charge in [-0.1, -0.05) is 6.07 Å². The highest BCUT2D eigenvalue weighted by Crippen LogP contribution is 2.27. The largest absolute Gasteiger partial charge is 0.461 e. The summed E-state index contributed by atoms with van der Waals surface area (Å²) in [5.74, 6) is -0.419. The number of fused-ring (bicyclic) bond motifs is 1. The second-order valence-corrected chi connectivity index (χ2v) is 4.04. The number of nitrogens with two attached hydrogens (primary N) is 1. The molecule has 7 nitrogen and oxygen atoms in total. The van der Waals surface area contributed by atoms with E-state index in [4.69, 9.17) is 14.9 Å². The number of esters is 1. The van der Waals surface area contributed by atoms with Gasteiger partial charge >= 0.3 is 5.97 Å². The summed E-state index contributed by atoms with van der Waals surface area (Å²) >= 11 is 0. The number of hydrogen-bond acceptors (Lipinski definition) is 6. The molecule has 3 aromatic heterocycles. The predicted octanol–water partition coefficient (Wildman–Crippen LogP) is 1.75. The fraction of sp³-hybridized carbons (Fsp3) is 0.154. The average Bonchev–Trinajstić information content (AvgIpc) is 3.02. The predicted molar refractivity (Wildman–Crippen MR) is 71.1 cm³/mol. The second kappa shape index (κ2) is 4.69. The molecule has 0 spiro atoms. The van der Waals surface area contributed by atoms with Crippen LogP contribution in [0.15, 0.2) is 35.0 Å². The van der Waals surface area contributed by atoms with Crippen LogP contribution < -0.4 is 5.73 Å². The Balaban J connectivity index is 2.07. The van der Waals surface area contributed by atoms with Crippen molar-refractivity contribution in [1.82, 2.24) is 14.6 Å². The van der Waals surface area contributed by atoms with Crippen LogP contribution in [0.25, 0.3) is 17.0 Å². The number of aromatic nitrogens is 3. The summed E-state index contributed by atoms with van der Waals surface area (Å²) < 4.78 is 11.9.